The number of carbonyl (C=O) groups is 3. The minimum absolute atomic E-state index is 0.00124. The van der Waals surface area contributed by atoms with Crippen LogP contribution in [0.15, 0.2) is 24.3 Å². The number of para-hydroxylation sites is 1. The molecule has 0 radical (unpaired) electrons. The standard InChI is InChI=1S/C15H18ClN3O3/c1-2-7-19-9-10(8-13(19)20)17-14(21)15(22)18-12-6-4-3-5-11(12)16/h3-6,10H,2,7-9H2,1H3,(H,17,21)(H,18,22)/t10-/m0/s1. The van der Waals surface area contributed by atoms with E-state index in [1.165, 1.54) is 0 Å². The molecule has 1 aromatic carbocycles. The number of anilines is 1. The smallest absolute Gasteiger partial charge is 0.313 e. The van der Waals surface area contributed by atoms with Crippen molar-refractivity contribution in [2.75, 3.05) is 18.4 Å². The van der Waals surface area contributed by atoms with Gasteiger partial charge in [-0.3, -0.25) is 14.4 Å². The quantitative estimate of drug-likeness (QED) is 0.822. The second-order valence-corrected chi connectivity index (χ2v) is 5.56. The summed E-state index contributed by atoms with van der Waals surface area (Å²) in [5, 5.41) is 5.39. The molecule has 7 heteroatoms. The van der Waals surface area contributed by atoms with Crippen LogP contribution in [0.4, 0.5) is 5.69 Å². The Morgan fingerprint density at radius 1 is 1.32 bits per heavy atom. The van der Waals surface area contributed by atoms with Crippen molar-refractivity contribution < 1.29 is 14.4 Å². The van der Waals surface area contributed by atoms with Gasteiger partial charge in [0.15, 0.2) is 0 Å². The Bertz CT molecular complexity index is 591. The molecular weight excluding hydrogens is 306 g/mol. The first kappa shape index (κ1) is 16.3. The maximum atomic E-state index is 11.9. The highest BCUT2D eigenvalue weighted by Crippen LogP contribution is 2.20. The number of hydrogen-bond donors (Lipinski definition) is 2. The predicted octanol–water partition coefficient (Wildman–Crippen LogP) is 1.41. The fraction of sp³-hybridized carbons (Fsp3) is 0.400. The van der Waals surface area contributed by atoms with Crippen molar-refractivity contribution in [3.63, 3.8) is 0 Å². The molecule has 1 aliphatic heterocycles. The van der Waals surface area contributed by atoms with E-state index in [2.05, 4.69) is 10.6 Å². The summed E-state index contributed by atoms with van der Waals surface area (Å²) in [5.74, 6) is -1.57. The normalized spacial score (nSPS) is 17.5. The van der Waals surface area contributed by atoms with E-state index in [1.54, 1.807) is 29.2 Å². The molecule has 1 atom stereocenters. The van der Waals surface area contributed by atoms with Crippen LogP contribution in [0.3, 0.4) is 0 Å². The predicted molar refractivity (Wildman–Crippen MR) is 83.5 cm³/mol. The molecule has 3 amide bonds. The molecule has 0 spiro atoms. The minimum Gasteiger partial charge on any atom is -0.343 e. The lowest BCUT2D eigenvalue weighted by Crippen LogP contribution is -2.43. The Kier molecular flexibility index (Phi) is 5.38. The number of benzene rings is 1. The molecule has 1 heterocycles. The van der Waals surface area contributed by atoms with E-state index in [-0.39, 0.29) is 18.4 Å². The SMILES string of the molecule is CCCN1C[C@@H](NC(=O)C(=O)Nc2ccccc2Cl)CC1=O. The molecule has 22 heavy (non-hydrogen) atoms. The molecule has 2 rings (SSSR count). The van der Waals surface area contributed by atoms with Gasteiger partial charge in [-0.15, -0.1) is 0 Å². The van der Waals surface area contributed by atoms with E-state index < -0.39 is 11.8 Å². The second kappa shape index (κ2) is 7.26. The van der Waals surface area contributed by atoms with Crippen LogP contribution in [0.25, 0.3) is 0 Å². The first-order chi connectivity index (χ1) is 10.5. The molecular formula is C15H18ClN3O3. The lowest BCUT2D eigenvalue weighted by Gasteiger charge is -2.16. The van der Waals surface area contributed by atoms with Crippen molar-refractivity contribution in [1.29, 1.82) is 0 Å². The van der Waals surface area contributed by atoms with Crippen LogP contribution >= 0.6 is 11.6 Å². The van der Waals surface area contributed by atoms with Crippen molar-refractivity contribution in [3.05, 3.63) is 29.3 Å². The first-order valence-corrected chi connectivity index (χ1v) is 7.53. The van der Waals surface area contributed by atoms with Crippen LogP contribution in [0.5, 0.6) is 0 Å². The number of nitrogens with zero attached hydrogens (tertiary/aromatic N) is 1. The fourth-order valence-electron chi connectivity index (χ4n) is 2.35. The third-order valence-electron chi connectivity index (χ3n) is 3.37. The van der Waals surface area contributed by atoms with Gasteiger partial charge in [-0.05, 0) is 18.6 Å². The topological polar surface area (TPSA) is 78.5 Å². The molecule has 0 unspecified atom stereocenters. The molecule has 0 aliphatic carbocycles. The maximum Gasteiger partial charge on any atom is 0.313 e. The highest BCUT2D eigenvalue weighted by Gasteiger charge is 2.31. The lowest BCUT2D eigenvalue weighted by atomic mass is 10.2. The van der Waals surface area contributed by atoms with E-state index >= 15 is 0 Å². The van der Waals surface area contributed by atoms with Crippen LogP contribution in [-0.4, -0.2) is 41.8 Å². The van der Waals surface area contributed by atoms with Crippen LogP contribution in [0.2, 0.25) is 5.02 Å². The van der Waals surface area contributed by atoms with E-state index in [9.17, 15) is 14.4 Å². The van der Waals surface area contributed by atoms with Gasteiger partial charge in [-0.1, -0.05) is 30.7 Å². The van der Waals surface area contributed by atoms with E-state index in [0.717, 1.165) is 6.42 Å². The Labute approximate surface area is 133 Å². The van der Waals surface area contributed by atoms with Gasteiger partial charge >= 0.3 is 11.8 Å². The van der Waals surface area contributed by atoms with Gasteiger partial charge in [-0.25, -0.2) is 0 Å². The summed E-state index contributed by atoms with van der Waals surface area (Å²) in [6.45, 7) is 3.09. The Morgan fingerprint density at radius 2 is 2.05 bits per heavy atom. The zero-order valence-electron chi connectivity index (χ0n) is 12.3. The summed E-state index contributed by atoms with van der Waals surface area (Å²) < 4.78 is 0. The average Bonchev–Trinajstić information content (AvgIpc) is 2.81. The van der Waals surface area contributed by atoms with Crippen LogP contribution in [0.1, 0.15) is 19.8 Å². The van der Waals surface area contributed by atoms with Gasteiger partial charge in [0.2, 0.25) is 5.91 Å². The number of amides is 3. The van der Waals surface area contributed by atoms with Crippen molar-refractivity contribution in [3.8, 4) is 0 Å². The Hall–Kier alpha value is -2.08. The van der Waals surface area contributed by atoms with Crippen LogP contribution < -0.4 is 10.6 Å². The van der Waals surface area contributed by atoms with Crippen LogP contribution in [0, 0.1) is 0 Å². The van der Waals surface area contributed by atoms with E-state index in [1.807, 2.05) is 6.92 Å². The molecule has 2 N–H and O–H groups in total. The average molecular weight is 324 g/mol. The molecule has 0 saturated carbocycles. The molecule has 1 fully saturated rings. The molecule has 1 aromatic rings. The number of carbonyl (C=O) groups excluding carboxylic acids is 3. The minimum atomic E-state index is -0.797. The molecule has 6 nitrogen and oxygen atoms in total. The van der Waals surface area contributed by atoms with Crippen molar-refractivity contribution in [2.24, 2.45) is 0 Å². The zero-order chi connectivity index (χ0) is 16.1. The second-order valence-electron chi connectivity index (χ2n) is 5.15. The Morgan fingerprint density at radius 3 is 2.73 bits per heavy atom. The lowest BCUT2D eigenvalue weighted by molar-refractivity contribution is -0.136. The maximum absolute atomic E-state index is 11.9. The third-order valence-corrected chi connectivity index (χ3v) is 3.70. The van der Waals surface area contributed by atoms with Gasteiger partial charge in [-0.2, -0.15) is 0 Å². The fourth-order valence-corrected chi connectivity index (χ4v) is 2.53. The highest BCUT2D eigenvalue weighted by atomic mass is 35.5. The number of rotatable bonds is 4. The van der Waals surface area contributed by atoms with E-state index in [4.69, 9.17) is 11.6 Å². The number of nitrogens with one attached hydrogen (secondary N) is 2. The summed E-state index contributed by atoms with van der Waals surface area (Å²) in [5.41, 5.74) is 0.374. The van der Waals surface area contributed by atoms with Crippen molar-refractivity contribution in [2.45, 2.75) is 25.8 Å². The largest absolute Gasteiger partial charge is 0.343 e. The number of hydrogen-bond acceptors (Lipinski definition) is 3. The monoisotopic (exact) mass is 323 g/mol. The third kappa shape index (κ3) is 3.98. The van der Waals surface area contributed by atoms with Crippen molar-refractivity contribution >= 4 is 35.0 Å². The summed E-state index contributed by atoms with van der Waals surface area (Å²) in [7, 11) is 0. The number of likely N-dealkylation sites (tertiary alicyclic amines) is 1. The Balaban J connectivity index is 1.89. The highest BCUT2D eigenvalue weighted by molar-refractivity contribution is 6.41. The molecule has 0 bridgehead atoms. The number of halogens is 1. The van der Waals surface area contributed by atoms with E-state index in [0.29, 0.717) is 23.8 Å². The molecule has 1 aliphatic rings. The van der Waals surface area contributed by atoms with Crippen LogP contribution in [-0.2, 0) is 14.4 Å². The van der Waals surface area contributed by atoms with Gasteiger partial charge in [0.1, 0.15) is 0 Å². The molecule has 1 saturated heterocycles. The zero-order valence-corrected chi connectivity index (χ0v) is 13.0. The summed E-state index contributed by atoms with van der Waals surface area (Å²) in [6, 6.07) is 6.33. The van der Waals surface area contributed by atoms with Gasteiger partial charge in [0.05, 0.1) is 16.8 Å². The summed E-state index contributed by atoms with van der Waals surface area (Å²) in [6.07, 6.45) is 1.09. The van der Waals surface area contributed by atoms with Gasteiger partial charge in [0, 0.05) is 19.5 Å². The van der Waals surface area contributed by atoms with Crippen molar-refractivity contribution in [1.82, 2.24) is 10.2 Å². The molecule has 118 valence electrons. The summed E-state index contributed by atoms with van der Waals surface area (Å²) in [4.78, 5) is 37.2. The molecule has 0 aromatic heterocycles. The summed E-state index contributed by atoms with van der Waals surface area (Å²) >= 11 is 5.92. The van der Waals surface area contributed by atoms with Gasteiger partial charge < -0.3 is 15.5 Å². The van der Waals surface area contributed by atoms with Gasteiger partial charge in [0.25, 0.3) is 0 Å². The first-order valence-electron chi connectivity index (χ1n) is 7.15.